The molecular formula is C18H25NO7. The zero-order chi connectivity index (χ0) is 19.9. The first-order chi connectivity index (χ1) is 12.1. The Hall–Kier alpha value is -2.77. The first-order valence-corrected chi connectivity index (χ1v) is 7.92. The molecule has 0 saturated heterocycles. The van der Waals surface area contributed by atoms with Crippen molar-refractivity contribution in [1.82, 2.24) is 4.90 Å². The van der Waals surface area contributed by atoms with E-state index >= 15 is 0 Å². The van der Waals surface area contributed by atoms with E-state index in [1.165, 1.54) is 44.4 Å². The Kier molecular flexibility index (Phi) is 7.42. The van der Waals surface area contributed by atoms with Crippen LogP contribution >= 0.6 is 0 Å². The number of nitrogens with zero attached hydrogens (tertiary/aromatic N) is 1. The fourth-order valence-electron chi connectivity index (χ4n) is 1.98. The first kappa shape index (κ1) is 21.3. The molecule has 0 unspecified atom stereocenters. The second-order valence-electron chi connectivity index (χ2n) is 6.48. The van der Waals surface area contributed by atoms with Gasteiger partial charge in [0, 0.05) is 12.6 Å². The number of hydrogen-bond acceptors (Lipinski definition) is 7. The van der Waals surface area contributed by atoms with Gasteiger partial charge in [-0.3, -0.25) is 9.59 Å². The average Bonchev–Trinajstić information content (AvgIpc) is 2.56. The zero-order valence-electron chi connectivity index (χ0n) is 16.0. The van der Waals surface area contributed by atoms with Crippen molar-refractivity contribution in [3.05, 3.63) is 23.8 Å². The predicted octanol–water partition coefficient (Wildman–Crippen LogP) is 1.66. The van der Waals surface area contributed by atoms with Crippen LogP contribution in [0.3, 0.4) is 0 Å². The Bertz CT molecular complexity index is 664. The van der Waals surface area contributed by atoms with E-state index in [0.29, 0.717) is 11.3 Å². The monoisotopic (exact) mass is 367 g/mol. The molecule has 8 nitrogen and oxygen atoms in total. The van der Waals surface area contributed by atoms with Crippen LogP contribution in [0.4, 0.5) is 0 Å². The first-order valence-electron chi connectivity index (χ1n) is 7.92. The van der Waals surface area contributed by atoms with Crippen molar-refractivity contribution in [2.45, 2.75) is 26.4 Å². The number of benzene rings is 1. The van der Waals surface area contributed by atoms with E-state index < -0.39 is 17.5 Å². The summed E-state index contributed by atoms with van der Waals surface area (Å²) in [6.45, 7) is 4.80. The van der Waals surface area contributed by atoms with Crippen molar-refractivity contribution in [2.24, 2.45) is 0 Å². The third kappa shape index (κ3) is 6.62. The van der Waals surface area contributed by atoms with E-state index in [1.807, 2.05) is 0 Å². The number of amides is 1. The lowest BCUT2D eigenvalue weighted by molar-refractivity contribution is -0.155. The number of ether oxygens (including phenoxy) is 4. The van der Waals surface area contributed by atoms with Crippen molar-refractivity contribution in [3.8, 4) is 11.5 Å². The molecule has 0 aliphatic heterocycles. The molecule has 0 heterocycles. The number of likely N-dealkylation sites (N-methyl/N-ethyl adjacent to an activating group) is 1. The van der Waals surface area contributed by atoms with Crippen LogP contribution in [0.5, 0.6) is 11.5 Å². The molecule has 1 rings (SSSR count). The predicted molar refractivity (Wildman–Crippen MR) is 93.3 cm³/mol. The second-order valence-corrected chi connectivity index (χ2v) is 6.48. The molecule has 0 aliphatic carbocycles. The van der Waals surface area contributed by atoms with Crippen LogP contribution in [0.25, 0.3) is 0 Å². The standard InChI is InChI=1S/C18H25NO7/c1-18(2,3)26-15(20)10-19(4)17(22)12-7-8-13(14(9-12)23-5)25-11-16(21)24-6/h7-9H,10-11H2,1-6H3. The van der Waals surface area contributed by atoms with Crippen LogP contribution < -0.4 is 9.47 Å². The molecule has 1 aromatic carbocycles. The number of carbonyl (C=O) groups is 3. The van der Waals surface area contributed by atoms with Crippen LogP contribution in [-0.4, -0.2) is 62.8 Å². The number of methoxy groups -OCH3 is 2. The average molecular weight is 367 g/mol. The highest BCUT2D eigenvalue weighted by molar-refractivity contribution is 5.96. The molecule has 0 N–H and O–H groups in total. The summed E-state index contributed by atoms with van der Waals surface area (Å²) in [6.07, 6.45) is 0. The van der Waals surface area contributed by atoms with Gasteiger partial charge in [0.15, 0.2) is 18.1 Å². The van der Waals surface area contributed by atoms with E-state index in [9.17, 15) is 14.4 Å². The molecule has 0 aromatic heterocycles. The van der Waals surface area contributed by atoms with Gasteiger partial charge in [-0.05, 0) is 39.0 Å². The third-order valence-corrected chi connectivity index (χ3v) is 3.12. The molecule has 8 heteroatoms. The Morgan fingerprint density at radius 1 is 1.04 bits per heavy atom. The van der Waals surface area contributed by atoms with Gasteiger partial charge in [-0.1, -0.05) is 0 Å². The van der Waals surface area contributed by atoms with Gasteiger partial charge in [0.05, 0.1) is 14.2 Å². The molecule has 1 aromatic rings. The number of hydrogen-bond donors (Lipinski definition) is 0. The summed E-state index contributed by atoms with van der Waals surface area (Å²) in [6, 6.07) is 4.50. The largest absolute Gasteiger partial charge is 0.493 e. The van der Waals surface area contributed by atoms with Crippen LogP contribution in [-0.2, 0) is 19.1 Å². The van der Waals surface area contributed by atoms with Crippen molar-refractivity contribution < 1.29 is 33.3 Å². The van der Waals surface area contributed by atoms with E-state index in [2.05, 4.69) is 4.74 Å². The van der Waals surface area contributed by atoms with Gasteiger partial charge in [0.25, 0.3) is 5.91 Å². The normalized spacial score (nSPS) is 10.7. The lowest BCUT2D eigenvalue weighted by Crippen LogP contribution is -2.36. The molecule has 144 valence electrons. The summed E-state index contributed by atoms with van der Waals surface area (Å²) in [5.74, 6) is -0.842. The van der Waals surface area contributed by atoms with Gasteiger partial charge in [0.1, 0.15) is 12.1 Å². The summed E-state index contributed by atoms with van der Waals surface area (Å²) in [4.78, 5) is 36.7. The van der Waals surface area contributed by atoms with Crippen LogP contribution in [0.2, 0.25) is 0 Å². The molecule has 0 spiro atoms. The highest BCUT2D eigenvalue weighted by atomic mass is 16.6. The van der Waals surface area contributed by atoms with Crippen LogP contribution in [0.15, 0.2) is 18.2 Å². The Labute approximate surface area is 153 Å². The molecule has 0 radical (unpaired) electrons. The maximum Gasteiger partial charge on any atom is 0.343 e. The van der Waals surface area contributed by atoms with Gasteiger partial charge < -0.3 is 23.8 Å². The number of rotatable bonds is 7. The lowest BCUT2D eigenvalue weighted by atomic mass is 10.1. The van der Waals surface area contributed by atoms with Crippen molar-refractivity contribution in [1.29, 1.82) is 0 Å². The van der Waals surface area contributed by atoms with E-state index in [-0.39, 0.29) is 24.8 Å². The SMILES string of the molecule is COC(=O)COc1ccc(C(=O)N(C)CC(=O)OC(C)(C)C)cc1OC. The number of carbonyl (C=O) groups excluding carboxylic acids is 3. The fourth-order valence-corrected chi connectivity index (χ4v) is 1.98. The molecule has 1 amide bonds. The van der Waals surface area contributed by atoms with E-state index in [4.69, 9.17) is 14.2 Å². The Morgan fingerprint density at radius 2 is 1.69 bits per heavy atom. The summed E-state index contributed by atoms with van der Waals surface area (Å²) < 4.78 is 20.2. The lowest BCUT2D eigenvalue weighted by Gasteiger charge is -2.22. The second kappa shape index (κ2) is 9.07. The van der Waals surface area contributed by atoms with E-state index in [0.717, 1.165) is 0 Å². The van der Waals surface area contributed by atoms with Crippen LogP contribution in [0, 0.1) is 0 Å². The molecule has 0 fully saturated rings. The van der Waals surface area contributed by atoms with Gasteiger partial charge in [-0.25, -0.2) is 4.79 Å². The van der Waals surface area contributed by atoms with Crippen molar-refractivity contribution in [3.63, 3.8) is 0 Å². The van der Waals surface area contributed by atoms with Gasteiger partial charge in [0.2, 0.25) is 0 Å². The topological polar surface area (TPSA) is 91.4 Å². The van der Waals surface area contributed by atoms with Crippen molar-refractivity contribution in [2.75, 3.05) is 34.4 Å². The molecule has 0 aliphatic rings. The third-order valence-electron chi connectivity index (χ3n) is 3.12. The molecule has 0 bridgehead atoms. The van der Waals surface area contributed by atoms with Gasteiger partial charge in [-0.2, -0.15) is 0 Å². The summed E-state index contributed by atoms with van der Waals surface area (Å²) >= 11 is 0. The summed E-state index contributed by atoms with van der Waals surface area (Å²) in [7, 11) is 4.17. The fraction of sp³-hybridized carbons (Fsp3) is 0.500. The molecule has 0 atom stereocenters. The van der Waals surface area contributed by atoms with E-state index in [1.54, 1.807) is 20.8 Å². The summed E-state index contributed by atoms with van der Waals surface area (Å²) in [5.41, 5.74) is -0.318. The Morgan fingerprint density at radius 3 is 2.23 bits per heavy atom. The smallest absolute Gasteiger partial charge is 0.343 e. The van der Waals surface area contributed by atoms with Gasteiger partial charge >= 0.3 is 11.9 Å². The zero-order valence-corrected chi connectivity index (χ0v) is 16.0. The minimum absolute atomic E-state index is 0.182. The van der Waals surface area contributed by atoms with Crippen molar-refractivity contribution >= 4 is 17.8 Å². The highest BCUT2D eigenvalue weighted by Crippen LogP contribution is 2.28. The maximum atomic E-state index is 12.5. The maximum absolute atomic E-state index is 12.5. The minimum Gasteiger partial charge on any atom is -0.493 e. The minimum atomic E-state index is -0.622. The van der Waals surface area contributed by atoms with Crippen LogP contribution in [0.1, 0.15) is 31.1 Å². The molecule has 0 saturated carbocycles. The number of esters is 2. The summed E-state index contributed by atoms with van der Waals surface area (Å²) in [5, 5.41) is 0. The highest BCUT2D eigenvalue weighted by Gasteiger charge is 2.21. The molecule has 26 heavy (non-hydrogen) atoms. The quantitative estimate of drug-likeness (QED) is 0.677. The Balaban J connectivity index is 2.82. The van der Waals surface area contributed by atoms with Gasteiger partial charge in [-0.15, -0.1) is 0 Å². The molecular weight excluding hydrogens is 342 g/mol.